The smallest absolute Gasteiger partial charge is 0.326 e. The van der Waals surface area contributed by atoms with Crippen molar-refractivity contribution < 1.29 is 24.2 Å². The number of carbonyl (C=O) groups excluding carboxylic acids is 1. The Morgan fingerprint density at radius 2 is 1.53 bits per heavy atom. The molecule has 0 radical (unpaired) electrons. The van der Waals surface area contributed by atoms with Crippen LogP contribution >= 0.6 is 0 Å². The fraction of sp³-hybridized carbons (Fsp3) is 0.188. The van der Waals surface area contributed by atoms with Crippen molar-refractivity contribution in [2.24, 2.45) is 0 Å². The maximum atomic E-state index is 14.0. The summed E-state index contributed by atoms with van der Waals surface area (Å²) < 4.78 is 12.4. The van der Waals surface area contributed by atoms with Crippen molar-refractivity contribution in [3.63, 3.8) is 0 Å². The van der Waals surface area contributed by atoms with Gasteiger partial charge in [0.15, 0.2) is 0 Å². The van der Waals surface area contributed by atoms with Gasteiger partial charge < -0.3 is 19.5 Å². The van der Waals surface area contributed by atoms with Crippen LogP contribution in [-0.4, -0.2) is 27.9 Å². The third-order valence-corrected chi connectivity index (χ3v) is 6.79. The number of benzene rings is 4. The minimum absolute atomic E-state index is 0.147. The zero-order valence-corrected chi connectivity index (χ0v) is 21.1. The lowest BCUT2D eigenvalue weighted by Crippen LogP contribution is -2.51. The van der Waals surface area contributed by atoms with E-state index in [0.29, 0.717) is 23.7 Å². The molecule has 192 valence electrons. The molecule has 0 bridgehead atoms. The number of para-hydroxylation sites is 1. The van der Waals surface area contributed by atoms with Gasteiger partial charge in [-0.15, -0.1) is 0 Å². The van der Waals surface area contributed by atoms with E-state index in [9.17, 15) is 14.7 Å². The fourth-order valence-corrected chi connectivity index (χ4v) is 4.81. The molecule has 0 saturated carbocycles. The molecule has 6 nitrogen and oxygen atoms in total. The summed E-state index contributed by atoms with van der Waals surface area (Å²) in [4.78, 5) is 27.9. The zero-order chi connectivity index (χ0) is 26.5. The number of nitrogens with zero attached hydrogens (tertiary/aromatic N) is 1. The second-order valence-corrected chi connectivity index (χ2v) is 9.37. The van der Waals surface area contributed by atoms with Gasteiger partial charge in [0.05, 0.1) is 0 Å². The van der Waals surface area contributed by atoms with Crippen LogP contribution in [0, 0.1) is 6.92 Å². The Labute approximate surface area is 222 Å². The highest BCUT2D eigenvalue weighted by molar-refractivity contribution is 5.88. The largest absolute Gasteiger partial charge is 0.488 e. The number of carboxylic acids is 1. The highest BCUT2D eigenvalue weighted by Crippen LogP contribution is 2.36. The molecule has 1 heterocycles. The molecule has 2 atom stereocenters. The molecule has 0 fully saturated rings. The number of carbonyl (C=O) groups is 2. The Hall–Kier alpha value is -4.58. The van der Waals surface area contributed by atoms with Gasteiger partial charge in [-0.3, -0.25) is 4.79 Å². The van der Waals surface area contributed by atoms with E-state index in [2.05, 4.69) is 0 Å². The SMILES string of the molecule is Cc1ccc2c(c1OCc1ccccc1)CC(C(=O)O)N(C(=O)C(Oc1ccccc1)c1ccccc1)C2. The lowest BCUT2D eigenvalue weighted by atomic mass is 9.90. The Bertz CT molecular complexity index is 1410. The first-order chi connectivity index (χ1) is 18.5. The van der Waals surface area contributed by atoms with Crippen molar-refractivity contribution in [2.75, 3.05) is 0 Å². The van der Waals surface area contributed by atoms with Gasteiger partial charge in [-0.05, 0) is 35.7 Å². The number of aliphatic carboxylic acids is 1. The Morgan fingerprint density at radius 1 is 0.895 bits per heavy atom. The molecule has 0 aliphatic carbocycles. The summed E-state index contributed by atoms with van der Waals surface area (Å²) >= 11 is 0. The molecular weight excluding hydrogens is 478 g/mol. The third-order valence-electron chi connectivity index (χ3n) is 6.79. The van der Waals surface area contributed by atoms with Crippen molar-refractivity contribution in [3.8, 4) is 11.5 Å². The molecule has 1 aliphatic heterocycles. The van der Waals surface area contributed by atoms with Gasteiger partial charge in [-0.1, -0.05) is 91.0 Å². The number of hydrogen-bond acceptors (Lipinski definition) is 4. The summed E-state index contributed by atoms with van der Waals surface area (Å²) in [5.41, 5.74) is 4.31. The van der Waals surface area contributed by atoms with Crippen LogP contribution in [-0.2, 0) is 29.2 Å². The standard InChI is InChI=1S/C32H29NO5/c1-22-17-18-25-20-33(28(32(35)36)19-27(25)29(22)37-21-23-11-5-2-6-12-23)31(34)30(24-13-7-3-8-14-24)38-26-15-9-4-10-16-26/h2-18,28,30H,19-21H2,1H3,(H,35,36). The van der Waals surface area contributed by atoms with Gasteiger partial charge in [-0.25, -0.2) is 4.79 Å². The first-order valence-corrected chi connectivity index (χ1v) is 12.6. The zero-order valence-electron chi connectivity index (χ0n) is 21.1. The molecule has 4 aromatic carbocycles. The summed E-state index contributed by atoms with van der Waals surface area (Å²) in [7, 11) is 0. The van der Waals surface area contributed by atoms with E-state index in [1.54, 1.807) is 12.1 Å². The molecule has 1 aliphatic rings. The molecule has 0 aromatic heterocycles. The van der Waals surface area contributed by atoms with Gasteiger partial charge >= 0.3 is 5.97 Å². The second kappa shape index (κ2) is 11.2. The highest BCUT2D eigenvalue weighted by Gasteiger charge is 2.40. The highest BCUT2D eigenvalue weighted by atomic mass is 16.5. The molecular formula is C32H29NO5. The van der Waals surface area contributed by atoms with Crippen molar-refractivity contribution >= 4 is 11.9 Å². The summed E-state index contributed by atoms with van der Waals surface area (Å²) in [5, 5.41) is 10.2. The number of carboxylic acid groups (broad SMARTS) is 1. The maximum Gasteiger partial charge on any atom is 0.326 e. The number of aryl methyl sites for hydroxylation is 1. The van der Waals surface area contributed by atoms with E-state index in [4.69, 9.17) is 9.47 Å². The van der Waals surface area contributed by atoms with Crippen molar-refractivity contribution in [1.82, 2.24) is 4.90 Å². The predicted molar refractivity (Wildman–Crippen MR) is 144 cm³/mol. The number of rotatable bonds is 8. The number of amides is 1. The summed E-state index contributed by atoms with van der Waals surface area (Å²) in [6.45, 7) is 2.47. The van der Waals surface area contributed by atoms with E-state index in [0.717, 1.165) is 22.3 Å². The molecule has 1 amide bonds. The minimum Gasteiger partial charge on any atom is -0.488 e. The molecule has 0 saturated heterocycles. The van der Waals surface area contributed by atoms with Crippen LogP contribution in [0.5, 0.6) is 11.5 Å². The molecule has 5 rings (SSSR count). The van der Waals surface area contributed by atoms with E-state index in [1.165, 1.54) is 4.90 Å². The van der Waals surface area contributed by atoms with Crippen LogP contribution in [0.25, 0.3) is 0 Å². The van der Waals surface area contributed by atoms with Crippen LogP contribution in [0.15, 0.2) is 103 Å². The van der Waals surface area contributed by atoms with E-state index >= 15 is 0 Å². The fourth-order valence-electron chi connectivity index (χ4n) is 4.81. The van der Waals surface area contributed by atoms with E-state index in [1.807, 2.05) is 97.9 Å². The van der Waals surface area contributed by atoms with Crippen molar-refractivity contribution in [2.45, 2.75) is 38.6 Å². The Balaban J connectivity index is 1.47. The van der Waals surface area contributed by atoms with Crippen molar-refractivity contribution in [1.29, 1.82) is 0 Å². The van der Waals surface area contributed by atoms with Gasteiger partial charge in [0, 0.05) is 24.1 Å². The Kier molecular flexibility index (Phi) is 7.40. The lowest BCUT2D eigenvalue weighted by molar-refractivity contribution is -0.155. The van der Waals surface area contributed by atoms with Crippen LogP contribution in [0.3, 0.4) is 0 Å². The van der Waals surface area contributed by atoms with Gasteiger partial charge in [0.25, 0.3) is 5.91 Å². The molecule has 1 N–H and O–H groups in total. The average Bonchev–Trinajstić information content (AvgIpc) is 2.96. The normalized spacial score (nSPS) is 15.3. The number of hydrogen-bond donors (Lipinski definition) is 1. The second-order valence-electron chi connectivity index (χ2n) is 9.37. The van der Waals surface area contributed by atoms with Gasteiger partial charge in [-0.2, -0.15) is 0 Å². The number of ether oxygens (including phenoxy) is 2. The molecule has 2 unspecified atom stereocenters. The van der Waals surface area contributed by atoms with Crippen LogP contribution < -0.4 is 9.47 Å². The molecule has 38 heavy (non-hydrogen) atoms. The minimum atomic E-state index is -1.06. The molecule has 0 spiro atoms. The van der Waals surface area contributed by atoms with Gasteiger partial charge in [0.1, 0.15) is 24.1 Å². The lowest BCUT2D eigenvalue weighted by Gasteiger charge is -2.37. The number of fused-ring (bicyclic) bond motifs is 1. The topological polar surface area (TPSA) is 76.1 Å². The monoisotopic (exact) mass is 507 g/mol. The summed E-state index contributed by atoms with van der Waals surface area (Å²) in [5.74, 6) is -0.243. The van der Waals surface area contributed by atoms with Crippen LogP contribution in [0.4, 0.5) is 0 Å². The molecule has 4 aromatic rings. The first kappa shape index (κ1) is 25.1. The quantitative estimate of drug-likeness (QED) is 0.330. The van der Waals surface area contributed by atoms with E-state index in [-0.39, 0.29) is 13.0 Å². The predicted octanol–water partition coefficient (Wildman–Crippen LogP) is 5.73. The first-order valence-electron chi connectivity index (χ1n) is 12.6. The van der Waals surface area contributed by atoms with Gasteiger partial charge in [0.2, 0.25) is 6.10 Å². The van der Waals surface area contributed by atoms with Crippen molar-refractivity contribution in [3.05, 3.63) is 131 Å². The Morgan fingerprint density at radius 3 is 2.18 bits per heavy atom. The summed E-state index contributed by atoms with van der Waals surface area (Å²) in [6, 6.07) is 31.0. The maximum absolute atomic E-state index is 14.0. The van der Waals surface area contributed by atoms with E-state index < -0.39 is 24.0 Å². The average molecular weight is 508 g/mol. The summed E-state index contributed by atoms with van der Waals surface area (Å²) in [6.07, 6.45) is -0.837. The van der Waals surface area contributed by atoms with Crippen LogP contribution in [0.2, 0.25) is 0 Å². The third kappa shape index (κ3) is 5.39. The van der Waals surface area contributed by atoms with Crippen LogP contribution in [0.1, 0.15) is 33.9 Å². The molecule has 6 heteroatoms.